The lowest BCUT2D eigenvalue weighted by atomic mass is 10.2. The van der Waals surface area contributed by atoms with E-state index in [0.29, 0.717) is 11.6 Å². The molecule has 2 aromatic carbocycles. The lowest BCUT2D eigenvalue weighted by molar-refractivity contribution is 0.102. The first-order chi connectivity index (χ1) is 12.2. The summed E-state index contributed by atoms with van der Waals surface area (Å²) in [5.74, 6) is 0.924. The van der Waals surface area contributed by atoms with Crippen LogP contribution in [0.4, 0.5) is 17.2 Å². The average Bonchev–Trinajstić information content (AvgIpc) is 2.64. The molecule has 0 saturated carbocycles. The van der Waals surface area contributed by atoms with Crippen LogP contribution >= 0.6 is 0 Å². The molecule has 0 fully saturated rings. The van der Waals surface area contributed by atoms with E-state index in [1.807, 2.05) is 55.5 Å². The first kappa shape index (κ1) is 16.4. The molecule has 25 heavy (non-hydrogen) atoms. The van der Waals surface area contributed by atoms with Gasteiger partial charge in [0.2, 0.25) is 0 Å². The molecule has 6 nitrogen and oxygen atoms in total. The second kappa shape index (κ2) is 7.44. The maximum absolute atomic E-state index is 12.3. The molecule has 1 amide bonds. The number of hydrogen-bond acceptors (Lipinski definition) is 5. The summed E-state index contributed by atoms with van der Waals surface area (Å²) in [5, 5.41) is 5.95. The average molecular weight is 334 g/mol. The maximum Gasteiger partial charge on any atom is 0.275 e. The van der Waals surface area contributed by atoms with Gasteiger partial charge in [-0.15, -0.1) is 0 Å². The summed E-state index contributed by atoms with van der Waals surface area (Å²) in [6, 6.07) is 15.1. The smallest absolute Gasteiger partial charge is 0.275 e. The zero-order valence-electron chi connectivity index (χ0n) is 14.0. The number of rotatable bonds is 5. The molecule has 3 rings (SSSR count). The van der Waals surface area contributed by atoms with E-state index in [2.05, 4.69) is 20.6 Å². The molecule has 0 bridgehead atoms. The Balaban J connectivity index is 1.72. The fraction of sp³-hybridized carbons (Fsp3) is 0.105. The first-order valence-electron chi connectivity index (χ1n) is 7.76. The predicted octanol–water partition coefficient (Wildman–Crippen LogP) is 3.79. The van der Waals surface area contributed by atoms with E-state index >= 15 is 0 Å². The third kappa shape index (κ3) is 3.92. The monoisotopic (exact) mass is 334 g/mol. The number of hydrogen-bond donors (Lipinski definition) is 2. The fourth-order valence-corrected chi connectivity index (χ4v) is 2.30. The van der Waals surface area contributed by atoms with Gasteiger partial charge in [0, 0.05) is 5.69 Å². The Labute approximate surface area is 145 Å². The van der Waals surface area contributed by atoms with Gasteiger partial charge in [0.25, 0.3) is 5.91 Å². The van der Waals surface area contributed by atoms with Crippen molar-refractivity contribution in [3.8, 4) is 5.75 Å². The van der Waals surface area contributed by atoms with Crippen LogP contribution in [0.1, 0.15) is 16.1 Å². The van der Waals surface area contributed by atoms with Crippen LogP contribution < -0.4 is 15.4 Å². The minimum Gasteiger partial charge on any atom is -0.495 e. The number of amides is 1. The molecule has 1 heterocycles. The Kier molecular flexibility index (Phi) is 4.89. The van der Waals surface area contributed by atoms with Crippen molar-refractivity contribution >= 4 is 23.1 Å². The molecule has 1 aromatic heterocycles. The topological polar surface area (TPSA) is 76.1 Å². The van der Waals surface area contributed by atoms with E-state index < -0.39 is 0 Å². The van der Waals surface area contributed by atoms with Crippen molar-refractivity contribution in [3.63, 3.8) is 0 Å². The normalized spacial score (nSPS) is 10.2. The van der Waals surface area contributed by atoms with Gasteiger partial charge in [-0.2, -0.15) is 0 Å². The molecular weight excluding hydrogens is 316 g/mol. The number of nitrogens with one attached hydrogen (secondary N) is 2. The summed E-state index contributed by atoms with van der Waals surface area (Å²) in [5.41, 5.74) is 2.76. The molecule has 0 spiro atoms. The molecule has 0 radical (unpaired) electrons. The van der Waals surface area contributed by atoms with Crippen LogP contribution in [0.3, 0.4) is 0 Å². The Morgan fingerprint density at radius 1 is 0.960 bits per heavy atom. The van der Waals surface area contributed by atoms with Crippen molar-refractivity contribution in [2.45, 2.75) is 6.92 Å². The lowest BCUT2D eigenvalue weighted by Gasteiger charge is -2.10. The summed E-state index contributed by atoms with van der Waals surface area (Å²) >= 11 is 0. The number of carbonyl (C=O) groups is 1. The number of carbonyl (C=O) groups excluding carboxylic acids is 1. The van der Waals surface area contributed by atoms with E-state index in [9.17, 15) is 4.79 Å². The Hall–Kier alpha value is -3.41. The van der Waals surface area contributed by atoms with Gasteiger partial charge in [0.1, 0.15) is 17.3 Å². The minimum absolute atomic E-state index is 0.244. The van der Waals surface area contributed by atoms with Crippen molar-refractivity contribution in [2.24, 2.45) is 0 Å². The third-order valence-corrected chi connectivity index (χ3v) is 3.65. The number of para-hydroxylation sites is 3. The van der Waals surface area contributed by atoms with Crippen molar-refractivity contribution in [1.82, 2.24) is 9.97 Å². The molecule has 2 N–H and O–H groups in total. The van der Waals surface area contributed by atoms with Crippen LogP contribution in [-0.4, -0.2) is 23.0 Å². The summed E-state index contributed by atoms with van der Waals surface area (Å²) in [6.07, 6.45) is 2.95. The predicted molar refractivity (Wildman–Crippen MR) is 97.4 cm³/mol. The van der Waals surface area contributed by atoms with Gasteiger partial charge in [0.15, 0.2) is 0 Å². The fourth-order valence-electron chi connectivity index (χ4n) is 2.30. The number of nitrogens with zero attached hydrogens (tertiary/aromatic N) is 2. The zero-order chi connectivity index (χ0) is 17.6. The standard InChI is InChI=1S/C19H18N4O2/c1-13-7-3-4-8-14(13)23-19(24)16-11-21-18(12-20-16)22-15-9-5-6-10-17(15)25-2/h3-12H,1-2H3,(H,21,22)(H,23,24). The van der Waals surface area contributed by atoms with E-state index in [4.69, 9.17) is 4.74 Å². The Morgan fingerprint density at radius 3 is 2.36 bits per heavy atom. The van der Waals surface area contributed by atoms with E-state index in [1.165, 1.54) is 12.4 Å². The van der Waals surface area contributed by atoms with E-state index in [1.54, 1.807) is 7.11 Å². The van der Waals surface area contributed by atoms with Gasteiger partial charge in [-0.05, 0) is 30.7 Å². The van der Waals surface area contributed by atoms with Crippen molar-refractivity contribution in [3.05, 3.63) is 72.2 Å². The summed E-state index contributed by atoms with van der Waals surface area (Å²) in [6.45, 7) is 1.93. The van der Waals surface area contributed by atoms with E-state index in [-0.39, 0.29) is 11.6 Å². The van der Waals surface area contributed by atoms with E-state index in [0.717, 1.165) is 16.9 Å². The van der Waals surface area contributed by atoms with Gasteiger partial charge in [-0.25, -0.2) is 9.97 Å². The number of aromatic nitrogens is 2. The van der Waals surface area contributed by atoms with Gasteiger partial charge >= 0.3 is 0 Å². The molecule has 0 unspecified atom stereocenters. The van der Waals surface area contributed by atoms with Crippen LogP contribution in [0, 0.1) is 6.92 Å². The summed E-state index contributed by atoms with van der Waals surface area (Å²) in [7, 11) is 1.60. The minimum atomic E-state index is -0.300. The van der Waals surface area contributed by atoms with Crippen molar-refractivity contribution < 1.29 is 9.53 Å². The SMILES string of the molecule is COc1ccccc1Nc1cnc(C(=O)Nc2ccccc2C)cn1. The second-order valence-corrected chi connectivity index (χ2v) is 5.38. The van der Waals surface area contributed by atoms with Gasteiger partial charge in [-0.3, -0.25) is 4.79 Å². The lowest BCUT2D eigenvalue weighted by Crippen LogP contribution is -2.15. The second-order valence-electron chi connectivity index (χ2n) is 5.38. The molecule has 0 atom stereocenters. The Bertz CT molecular complexity index is 879. The summed E-state index contributed by atoms with van der Waals surface area (Å²) < 4.78 is 5.28. The van der Waals surface area contributed by atoms with Crippen molar-refractivity contribution in [2.75, 3.05) is 17.7 Å². The van der Waals surface area contributed by atoms with Gasteiger partial charge in [0.05, 0.1) is 25.2 Å². The van der Waals surface area contributed by atoms with Crippen LogP contribution in [0.15, 0.2) is 60.9 Å². The molecular formula is C19H18N4O2. The zero-order valence-corrected chi connectivity index (χ0v) is 14.0. The molecule has 0 aliphatic heterocycles. The number of anilines is 3. The highest BCUT2D eigenvalue weighted by molar-refractivity contribution is 6.03. The summed E-state index contributed by atoms with van der Waals surface area (Å²) in [4.78, 5) is 20.7. The Morgan fingerprint density at radius 2 is 1.68 bits per heavy atom. The quantitative estimate of drug-likeness (QED) is 0.742. The first-order valence-corrected chi connectivity index (χ1v) is 7.76. The van der Waals surface area contributed by atoms with Crippen molar-refractivity contribution in [1.29, 1.82) is 0 Å². The number of ether oxygens (including phenoxy) is 1. The number of aryl methyl sites for hydroxylation is 1. The molecule has 0 aliphatic rings. The molecule has 0 aliphatic carbocycles. The highest BCUT2D eigenvalue weighted by Gasteiger charge is 2.10. The van der Waals surface area contributed by atoms with Crippen LogP contribution in [0.25, 0.3) is 0 Å². The maximum atomic E-state index is 12.3. The molecule has 0 saturated heterocycles. The van der Waals surface area contributed by atoms with Crippen LogP contribution in [0.2, 0.25) is 0 Å². The van der Waals surface area contributed by atoms with Crippen LogP contribution in [0.5, 0.6) is 5.75 Å². The highest BCUT2D eigenvalue weighted by atomic mass is 16.5. The number of methoxy groups -OCH3 is 1. The third-order valence-electron chi connectivity index (χ3n) is 3.65. The van der Waals surface area contributed by atoms with Gasteiger partial charge in [-0.1, -0.05) is 30.3 Å². The highest BCUT2D eigenvalue weighted by Crippen LogP contribution is 2.25. The number of benzene rings is 2. The molecule has 126 valence electrons. The molecule has 6 heteroatoms. The largest absolute Gasteiger partial charge is 0.495 e. The molecule has 3 aromatic rings. The van der Waals surface area contributed by atoms with Crippen LogP contribution in [-0.2, 0) is 0 Å². The van der Waals surface area contributed by atoms with Gasteiger partial charge < -0.3 is 15.4 Å².